The van der Waals surface area contributed by atoms with E-state index in [1.54, 1.807) is 16.8 Å². The van der Waals surface area contributed by atoms with Crippen LogP contribution in [0.25, 0.3) is 0 Å². The van der Waals surface area contributed by atoms with Crippen molar-refractivity contribution < 1.29 is 9.90 Å². The van der Waals surface area contributed by atoms with Gasteiger partial charge in [-0.1, -0.05) is 6.07 Å². The molecule has 106 valence electrons. The van der Waals surface area contributed by atoms with Gasteiger partial charge in [-0.05, 0) is 37.2 Å². The van der Waals surface area contributed by atoms with Crippen LogP contribution in [0.3, 0.4) is 0 Å². The lowest BCUT2D eigenvalue weighted by Gasteiger charge is -2.17. The van der Waals surface area contributed by atoms with E-state index >= 15 is 0 Å². The molecule has 0 radical (unpaired) electrons. The van der Waals surface area contributed by atoms with E-state index in [0.717, 1.165) is 29.8 Å². The van der Waals surface area contributed by atoms with E-state index in [1.807, 2.05) is 39.5 Å². The molecule has 0 atom stereocenters. The maximum absolute atomic E-state index is 10.9. The Morgan fingerprint density at radius 2 is 2.15 bits per heavy atom. The van der Waals surface area contributed by atoms with Crippen molar-refractivity contribution in [3.05, 3.63) is 52.8 Å². The summed E-state index contributed by atoms with van der Waals surface area (Å²) in [6, 6.07) is 5.26. The number of aromatic carboxylic acids is 1. The second-order valence-electron chi connectivity index (χ2n) is 5.14. The predicted octanol–water partition coefficient (Wildman–Crippen LogP) is 2.06. The molecule has 0 aliphatic rings. The molecule has 0 aliphatic heterocycles. The number of hydrogen-bond donors (Lipinski definition) is 1. The standard InChI is InChI=1S/C15H19N3O2/c1-11-6-13(15(19)20)4-5-14(11)10-17(2)8-12-7-16-18(3)9-12/h4-7,9H,8,10H2,1-3H3,(H,19,20). The summed E-state index contributed by atoms with van der Waals surface area (Å²) in [6.45, 7) is 3.54. The molecule has 0 unspecified atom stereocenters. The quantitative estimate of drug-likeness (QED) is 0.906. The highest BCUT2D eigenvalue weighted by Gasteiger charge is 2.08. The summed E-state index contributed by atoms with van der Waals surface area (Å²) in [6.07, 6.45) is 3.85. The van der Waals surface area contributed by atoms with Gasteiger partial charge in [0.1, 0.15) is 0 Å². The topological polar surface area (TPSA) is 58.4 Å². The van der Waals surface area contributed by atoms with E-state index in [-0.39, 0.29) is 0 Å². The molecule has 0 saturated carbocycles. The van der Waals surface area contributed by atoms with Gasteiger partial charge in [0.15, 0.2) is 0 Å². The second kappa shape index (κ2) is 5.88. The van der Waals surface area contributed by atoms with Crippen LogP contribution < -0.4 is 0 Å². The Morgan fingerprint density at radius 3 is 2.70 bits per heavy atom. The fourth-order valence-corrected chi connectivity index (χ4v) is 2.22. The van der Waals surface area contributed by atoms with E-state index in [4.69, 9.17) is 5.11 Å². The Bertz CT molecular complexity index is 619. The van der Waals surface area contributed by atoms with Gasteiger partial charge in [0.25, 0.3) is 0 Å². The molecule has 0 saturated heterocycles. The lowest BCUT2D eigenvalue weighted by molar-refractivity contribution is 0.0696. The number of aromatic nitrogens is 2. The van der Waals surface area contributed by atoms with Crippen molar-refractivity contribution in [2.45, 2.75) is 20.0 Å². The summed E-state index contributed by atoms with van der Waals surface area (Å²) in [4.78, 5) is 13.1. The number of carboxylic acids is 1. The molecular weight excluding hydrogens is 254 g/mol. The molecule has 5 heteroatoms. The molecule has 2 rings (SSSR count). The zero-order valence-corrected chi connectivity index (χ0v) is 12.0. The second-order valence-corrected chi connectivity index (χ2v) is 5.14. The van der Waals surface area contributed by atoms with Crippen LogP contribution in [0, 0.1) is 6.92 Å². The van der Waals surface area contributed by atoms with Crippen molar-refractivity contribution >= 4 is 5.97 Å². The van der Waals surface area contributed by atoms with E-state index in [2.05, 4.69) is 10.00 Å². The van der Waals surface area contributed by atoms with Gasteiger partial charge in [-0.25, -0.2) is 4.79 Å². The average Bonchev–Trinajstić information content (AvgIpc) is 2.77. The molecule has 0 aliphatic carbocycles. The van der Waals surface area contributed by atoms with Crippen molar-refractivity contribution in [2.75, 3.05) is 7.05 Å². The first-order valence-electron chi connectivity index (χ1n) is 6.44. The molecule has 2 aromatic rings. The summed E-state index contributed by atoms with van der Waals surface area (Å²) >= 11 is 0. The van der Waals surface area contributed by atoms with Crippen LogP contribution in [0.5, 0.6) is 0 Å². The van der Waals surface area contributed by atoms with Crippen molar-refractivity contribution in [3.8, 4) is 0 Å². The number of aryl methyl sites for hydroxylation is 2. The predicted molar refractivity (Wildman–Crippen MR) is 76.5 cm³/mol. The van der Waals surface area contributed by atoms with Crippen LogP contribution in [-0.4, -0.2) is 32.8 Å². The van der Waals surface area contributed by atoms with Crippen molar-refractivity contribution in [1.82, 2.24) is 14.7 Å². The van der Waals surface area contributed by atoms with Crippen LogP contribution in [0.15, 0.2) is 30.6 Å². The van der Waals surface area contributed by atoms with Gasteiger partial charge in [0.05, 0.1) is 11.8 Å². The zero-order valence-electron chi connectivity index (χ0n) is 12.0. The minimum absolute atomic E-state index is 0.334. The van der Waals surface area contributed by atoms with Crippen molar-refractivity contribution in [3.63, 3.8) is 0 Å². The Kier molecular flexibility index (Phi) is 4.20. The lowest BCUT2D eigenvalue weighted by atomic mass is 10.0. The fourth-order valence-electron chi connectivity index (χ4n) is 2.22. The molecule has 1 N–H and O–H groups in total. The molecule has 0 fully saturated rings. The monoisotopic (exact) mass is 273 g/mol. The summed E-state index contributed by atoms with van der Waals surface area (Å²) in [5.41, 5.74) is 3.64. The molecule has 0 spiro atoms. The zero-order chi connectivity index (χ0) is 14.7. The highest BCUT2D eigenvalue weighted by atomic mass is 16.4. The number of carboxylic acid groups (broad SMARTS) is 1. The number of rotatable bonds is 5. The van der Waals surface area contributed by atoms with E-state index in [0.29, 0.717) is 5.56 Å². The van der Waals surface area contributed by atoms with E-state index < -0.39 is 5.97 Å². The number of nitrogens with zero attached hydrogens (tertiary/aromatic N) is 3. The Hall–Kier alpha value is -2.14. The molecule has 5 nitrogen and oxygen atoms in total. The SMILES string of the molecule is Cc1cc(C(=O)O)ccc1CN(C)Cc1cnn(C)c1. The third-order valence-corrected chi connectivity index (χ3v) is 3.24. The third-order valence-electron chi connectivity index (χ3n) is 3.24. The molecule has 1 aromatic carbocycles. The van der Waals surface area contributed by atoms with Crippen LogP contribution in [-0.2, 0) is 20.1 Å². The molecule has 20 heavy (non-hydrogen) atoms. The molecule has 1 aromatic heterocycles. The summed E-state index contributed by atoms with van der Waals surface area (Å²) in [7, 11) is 3.94. The first-order valence-corrected chi connectivity index (χ1v) is 6.44. The number of benzene rings is 1. The highest BCUT2D eigenvalue weighted by molar-refractivity contribution is 5.87. The fraction of sp³-hybridized carbons (Fsp3) is 0.333. The summed E-state index contributed by atoms with van der Waals surface area (Å²) in [5.74, 6) is -0.886. The van der Waals surface area contributed by atoms with E-state index in [9.17, 15) is 4.79 Å². The Morgan fingerprint density at radius 1 is 1.40 bits per heavy atom. The van der Waals surface area contributed by atoms with Gasteiger partial charge in [-0.3, -0.25) is 9.58 Å². The first-order chi connectivity index (χ1) is 9.45. The normalized spacial score (nSPS) is 11.0. The van der Waals surface area contributed by atoms with Crippen LogP contribution in [0.2, 0.25) is 0 Å². The van der Waals surface area contributed by atoms with E-state index in [1.165, 1.54) is 0 Å². The maximum Gasteiger partial charge on any atom is 0.335 e. The smallest absolute Gasteiger partial charge is 0.335 e. The average molecular weight is 273 g/mol. The minimum atomic E-state index is -0.886. The van der Waals surface area contributed by atoms with Crippen LogP contribution in [0.1, 0.15) is 27.0 Å². The van der Waals surface area contributed by atoms with Gasteiger partial charge in [-0.2, -0.15) is 5.10 Å². The number of hydrogen-bond acceptors (Lipinski definition) is 3. The minimum Gasteiger partial charge on any atom is -0.478 e. The van der Waals surface area contributed by atoms with Gasteiger partial charge in [0, 0.05) is 31.9 Å². The third kappa shape index (κ3) is 3.45. The number of carbonyl (C=O) groups is 1. The van der Waals surface area contributed by atoms with Crippen LogP contribution in [0.4, 0.5) is 0 Å². The Balaban J connectivity index is 2.04. The lowest BCUT2D eigenvalue weighted by Crippen LogP contribution is -2.17. The summed E-state index contributed by atoms with van der Waals surface area (Å²) in [5, 5.41) is 13.1. The largest absolute Gasteiger partial charge is 0.478 e. The molecule has 1 heterocycles. The molecule has 0 bridgehead atoms. The van der Waals surface area contributed by atoms with Crippen LogP contribution >= 0.6 is 0 Å². The van der Waals surface area contributed by atoms with Crippen molar-refractivity contribution in [2.24, 2.45) is 7.05 Å². The van der Waals surface area contributed by atoms with Gasteiger partial charge in [-0.15, -0.1) is 0 Å². The summed E-state index contributed by atoms with van der Waals surface area (Å²) < 4.78 is 1.79. The van der Waals surface area contributed by atoms with Gasteiger partial charge < -0.3 is 5.11 Å². The van der Waals surface area contributed by atoms with Gasteiger partial charge >= 0.3 is 5.97 Å². The Labute approximate surface area is 118 Å². The first kappa shape index (κ1) is 14.3. The maximum atomic E-state index is 10.9. The molecular formula is C15H19N3O2. The van der Waals surface area contributed by atoms with Crippen molar-refractivity contribution in [1.29, 1.82) is 0 Å². The molecule has 0 amide bonds. The highest BCUT2D eigenvalue weighted by Crippen LogP contribution is 2.14. The van der Waals surface area contributed by atoms with Gasteiger partial charge in [0.2, 0.25) is 0 Å².